The molecule has 1 fully saturated rings. The monoisotopic (exact) mass is 171 g/mol. The number of hydrogen-bond acceptors (Lipinski definition) is 2. The van der Waals surface area contributed by atoms with Gasteiger partial charge >= 0.3 is 5.97 Å². The molecule has 0 amide bonds. The minimum atomic E-state index is -0.731. The van der Waals surface area contributed by atoms with Crippen molar-refractivity contribution < 1.29 is 9.90 Å². The quantitative estimate of drug-likeness (QED) is 0.653. The molecular formula is C9H17NO2. The molecule has 12 heavy (non-hydrogen) atoms. The van der Waals surface area contributed by atoms with Crippen molar-refractivity contribution in [2.24, 2.45) is 23.5 Å². The van der Waals surface area contributed by atoms with Crippen molar-refractivity contribution in [1.29, 1.82) is 0 Å². The van der Waals surface area contributed by atoms with Gasteiger partial charge in [-0.3, -0.25) is 4.79 Å². The Hall–Kier alpha value is -0.570. The van der Waals surface area contributed by atoms with Crippen LogP contribution in [0, 0.1) is 17.8 Å². The maximum absolute atomic E-state index is 10.7. The van der Waals surface area contributed by atoms with Gasteiger partial charge in [0.1, 0.15) is 0 Å². The van der Waals surface area contributed by atoms with Crippen LogP contribution in [0.3, 0.4) is 0 Å². The van der Waals surface area contributed by atoms with Crippen molar-refractivity contribution in [2.75, 3.05) is 0 Å². The number of carbonyl (C=O) groups is 1. The average Bonchev–Trinajstić information content (AvgIpc) is 2.30. The molecule has 1 rings (SSSR count). The molecule has 1 aliphatic rings. The van der Waals surface area contributed by atoms with E-state index in [2.05, 4.69) is 13.8 Å². The Balaban J connectivity index is 2.61. The average molecular weight is 171 g/mol. The van der Waals surface area contributed by atoms with Crippen LogP contribution < -0.4 is 5.73 Å². The standard InChI is InChI=1S/C9H17NO2/c1-5(2)6-3-4-7(8(6)10)9(11)12/h5-8H,3-4,10H2,1-2H3,(H,11,12). The third kappa shape index (κ3) is 1.61. The lowest BCUT2D eigenvalue weighted by Gasteiger charge is -2.21. The lowest BCUT2D eigenvalue weighted by Crippen LogP contribution is -2.37. The van der Waals surface area contributed by atoms with E-state index in [1.54, 1.807) is 0 Å². The fourth-order valence-corrected chi connectivity index (χ4v) is 2.12. The Morgan fingerprint density at radius 1 is 1.50 bits per heavy atom. The Morgan fingerprint density at radius 2 is 2.08 bits per heavy atom. The highest BCUT2D eigenvalue weighted by atomic mass is 16.4. The summed E-state index contributed by atoms with van der Waals surface area (Å²) in [5.41, 5.74) is 5.84. The third-order valence-corrected chi connectivity index (χ3v) is 2.94. The summed E-state index contributed by atoms with van der Waals surface area (Å²) in [5.74, 6) is -0.140. The van der Waals surface area contributed by atoms with E-state index in [1.807, 2.05) is 0 Å². The highest BCUT2D eigenvalue weighted by molar-refractivity contribution is 5.71. The van der Waals surface area contributed by atoms with E-state index in [0.29, 0.717) is 11.8 Å². The third-order valence-electron chi connectivity index (χ3n) is 2.94. The molecule has 0 heterocycles. The van der Waals surface area contributed by atoms with Gasteiger partial charge in [-0.05, 0) is 24.7 Å². The second kappa shape index (κ2) is 3.44. The van der Waals surface area contributed by atoms with Crippen LogP contribution in [0.4, 0.5) is 0 Å². The van der Waals surface area contributed by atoms with Crippen molar-refractivity contribution >= 4 is 5.97 Å². The van der Waals surface area contributed by atoms with Crippen LogP contribution in [0.2, 0.25) is 0 Å². The van der Waals surface area contributed by atoms with Gasteiger partial charge in [-0.25, -0.2) is 0 Å². The molecule has 0 bridgehead atoms. The molecule has 3 N–H and O–H groups in total. The first-order valence-corrected chi connectivity index (χ1v) is 4.52. The highest BCUT2D eigenvalue weighted by Crippen LogP contribution is 2.34. The zero-order valence-corrected chi connectivity index (χ0v) is 7.66. The summed E-state index contributed by atoms with van der Waals surface area (Å²) in [4.78, 5) is 10.7. The van der Waals surface area contributed by atoms with E-state index < -0.39 is 5.97 Å². The lowest BCUT2D eigenvalue weighted by atomic mass is 9.89. The number of carboxylic acids is 1. The van der Waals surface area contributed by atoms with E-state index in [9.17, 15) is 4.79 Å². The Labute approximate surface area is 72.9 Å². The van der Waals surface area contributed by atoms with Gasteiger partial charge in [0.05, 0.1) is 5.92 Å². The fraction of sp³-hybridized carbons (Fsp3) is 0.889. The molecule has 0 saturated heterocycles. The van der Waals surface area contributed by atoms with Crippen LogP contribution in [0.15, 0.2) is 0 Å². The van der Waals surface area contributed by atoms with Gasteiger partial charge < -0.3 is 10.8 Å². The molecule has 0 spiro atoms. The number of rotatable bonds is 2. The maximum Gasteiger partial charge on any atom is 0.308 e. The zero-order chi connectivity index (χ0) is 9.30. The number of carboxylic acid groups (broad SMARTS) is 1. The molecule has 0 aromatic rings. The lowest BCUT2D eigenvalue weighted by molar-refractivity contribution is -0.142. The number of nitrogens with two attached hydrogens (primary N) is 1. The van der Waals surface area contributed by atoms with Crippen LogP contribution in [0.5, 0.6) is 0 Å². The largest absolute Gasteiger partial charge is 0.481 e. The minimum Gasteiger partial charge on any atom is -0.481 e. The van der Waals surface area contributed by atoms with E-state index in [-0.39, 0.29) is 12.0 Å². The van der Waals surface area contributed by atoms with E-state index in [1.165, 1.54) is 0 Å². The van der Waals surface area contributed by atoms with Crippen LogP contribution in [-0.4, -0.2) is 17.1 Å². The topological polar surface area (TPSA) is 63.3 Å². The fourth-order valence-electron chi connectivity index (χ4n) is 2.12. The van der Waals surface area contributed by atoms with Gasteiger partial charge in [0.2, 0.25) is 0 Å². The van der Waals surface area contributed by atoms with Crippen molar-refractivity contribution in [3.63, 3.8) is 0 Å². The molecule has 70 valence electrons. The van der Waals surface area contributed by atoms with Crippen LogP contribution in [0.25, 0.3) is 0 Å². The molecule has 0 aliphatic heterocycles. The Bertz CT molecular complexity index is 179. The molecule has 3 nitrogen and oxygen atoms in total. The van der Waals surface area contributed by atoms with Crippen molar-refractivity contribution in [2.45, 2.75) is 32.7 Å². The van der Waals surface area contributed by atoms with Gasteiger partial charge in [0.15, 0.2) is 0 Å². The predicted molar refractivity (Wildman–Crippen MR) is 46.7 cm³/mol. The summed E-state index contributed by atoms with van der Waals surface area (Å²) in [6.45, 7) is 4.21. The number of hydrogen-bond donors (Lipinski definition) is 2. The predicted octanol–water partition coefficient (Wildman–Crippen LogP) is 1.08. The zero-order valence-electron chi connectivity index (χ0n) is 7.66. The maximum atomic E-state index is 10.7. The summed E-state index contributed by atoms with van der Waals surface area (Å²) < 4.78 is 0. The first-order valence-electron chi connectivity index (χ1n) is 4.52. The summed E-state index contributed by atoms with van der Waals surface area (Å²) in [7, 11) is 0. The second-order valence-corrected chi connectivity index (χ2v) is 4.01. The summed E-state index contributed by atoms with van der Waals surface area (Å²) >= 11 is 0. The number of aliphatic carboxylic acids is 1. The molecule has 3 heteroatoms. The van der Waals surface area contributed by atoms with E-state index in [0.717, 1.165) is 12.8 Å². The second-order valence-electron chi connectivity index (χ2n) is 4.01. The summed E-state index contributed by atoms with van der Waals surface area (Å²) in [6, 6.07) is -0.137. The van der Waals surface area contributed by atoms with Gasteiger partial charge in [-0.2, -0.15) is 0 Å². The van der Waals surface area contributed by atoms with Crippen molar-refractivity contribution in [3.8, 4) is 0 Å². The molecule has 0 aromatic heterocycles. The minimum absolute atomic E-state index is 0.137. The van der Waals surface area contributed by atoms with Gasteiger partial charge in [0.25, 0.3) is 0 Å². The Morgan fingerprint density at radius 3 is 2.33 bits per heavy atom. The van der Waals surface area contributed by atoms with Crippen LogP contribution >= 0.6 is 0 Å². The molecule has 0 radical (unpaired) electrons. The highest BCUT2D eigenvalue weighted by Gasteiger charge is 2.38. The van der Waals surface area contributed by atoms with Gasteiger partial charge in [-0.15, -0.1) is 0 Å². The smallest absolute Gasteiger partial charge is 0.308 e. The first kappa shape index (κ1) is 9.52. The molecule has 1 saturated carbocycles. The Kier molecular flexibility index (Phi) is 2.73. The van der Waals surface area contributed by atoms with Crippen LogP contribution in [0.1, 0.15) is 26.7 Å². The first-order chi connectivity index (χ1) is 5.54. The van der Waals surface area contributed by atoms with Crippen molar-refractivity contribution in [1.82, 2.24) is 0 Å². The van der Waals surface area contributed by atoms with E-state index in [4.69, 9.17) is 10.8 Å². The van der Waals surface area contributed by atoms with Crippen molar-refractivity contribution in [3.05, 3.63) is 0 Å². The van der Waals surface area contributed by atoms with Gasteiger partial charge in [0, 0.05) is 6.04 Å². The SMILES string of the molecule is CC(C)C1CCC(C(=O)O)C1N. The normalized spacial score (nSPS) is 35.8. The van der Waals surface area contributed by atoms with E-state index >= 15 is 0 Å². The van der Waals surface area contributed by atoms with Crippen LogP contribution in [-0.2, 0) is 4.79 Å². The molecule has 3 unspecified atom stereocenters. The summed E-state index contributed by atoms with van der Waals surface area (Å²) in [6.07, 6.45) is 1.72. The molecular weight excluding hydrogens is 154 g/mol. The molecule has 3 atom stereocenters. The molecule has 0 aromatic carbocycles. The van der Waals surface area contributed by atoms with Gasteiger partial charge in [-0.1, -0.05) is 13.8 Å². The summed E-state index contributed by atoms with van der Waals surface area (Å²) in [5, 5.41) is 8.80. The molecule has 1 aliphatic carbocycles.